The van der Waals surface area contributed by atoms with Crippen LogP contribution in [0.3, 0.4) is 0 Å². The minimum absolute atomic E-state index is 0.348. The van der Waals surface area contributed by atoms with E-state index in [2.05, 4.69) is 22.4 Å². The molecule has 0 radical (unpaired) electrons. The molecule has 0 aliphatic rings. The zero-order valence-electron chi connectivity index (χ0n) is 12.0. The third-order valence-electron chi connectivity index (χ3n) is 3.11. The average Bonchev–Trinajstić information content (AvgIpc) is 2.75. The molecule has 108 valence electrons. The molecule has 6 heteroatoms. The molecule has 19 heavy (non-hydrogen) atoms. The molecule has 0 bridgehead atoms. The first-order valence-electron chi connectivity index (χ1n) is 7.02. The first kappa shape index (κ1) is 15.6. The molecule has 1 heterocycles. The zero-order chi connectivity index (χ0) is 14.3. The van der Waals surface area contributed by atoms with E-state index in [9.17, 15) is 9.90 Å². The SMILES string of the molecule is CCCCCc1nnnn1CC(CC(C)C)C(=O)O. The fourth-order valence-corrected chi connectivity index (χ4v) is 2.11. The van der Waals surface area contributed by atoms with Gasteiger partial charge in [-0.3, -0.25) is 4.79 Å². The van der Waals surface area contributed by atoms with E-state index >= 15 is 0 Å². The fraction of sp³-hybridized carbons (Fsp3) is 0.846. The van der Waals surface area contributed by atoms with Gasteiger partial charge < -0.3 is 5.11 Å². The van der Waals surface area contributed by atoms with Gasteiger partial charge in [-0.25, -0.2) is 4.68 Å². The summed E-state index contributed by atoms with van der Waals surface area (Å²) >= 11 is 0. The van der Waals surface area contributed by atoms with Crippen LogP contribution in [0, 0.1) is 11.8 Å². The van der Waals surface area contributed by atoms with Crippen molar-refractivity contribution in [1.29, 1.82) is 0 Å². The summed E-state index contributed by atoms with van der Waals surface area (Å²) in [7, 11) is 0. The molecule has 1 unspecified atom stereocenters. The Morgan fingerprint density at radius 3 is 2.68 bits per heavy atom. The van der Waals surface area contributed by atoms with E-state index in [-0.39, 0.29) is 0 Å². The highest BCUT2D eigenvalue weighted by Crippen LogP contribution is 2.15. The highest BCUT2D eigenvalue weighted by atomic mass is 16.4. The summed E-state index contributed by atoms with van der Waals surface area (Å²) in [4.78, 5) is 11.3. The van der Waals surface area contributed by atoms with Gasteiger partial charge in [0, 0.05) is 6.42 Å². The third kappa shape index (κ3) is 5.36. The van der Waals surface area contributed by atoms with Crippen LogP contribution < -0.4 is 0 Å². The number of carbonyl (C=O) groups is 1. The summed E-state index contributed by atoms with van der Waals surface area (Å²) in [5.74, 6) is -0.0540. The number of aromatic nitrogens is 4. The van der Waals surface area contributed by atoms with E-state index in [1.807, 2.05) is 13.8 Å². The summed E-state index contributed by atoms with van der Waals surface area (Å²) in [6, 6.07) is 0. The molecule has 6 nitrogen and oxygen atoms in total. The van der Waals surface area contributed by atoms with Crippen molar-refractivity contribution in [3.05, 3.63) is 5.82 Å². The van der Waals surface area contributed by atoms with E-state index in [1.54, 1.807) is 4.68 Å². The van der Waals surface area contributed by atoms with Crippen LogP contribution in [0.25, 0.3) is 0 Å². The summed E-state index contributed by atoms with van der Waals surface area (Å²) in [6.45, 7) is 6.56. The van der Waals surface area contributed by atoms with E-state index < -0.39 is 11.9 Å². The molecule has 1 atom stereocenters. The first-order chi connectivity index (χ1) is 9.04. The molecule has 0 aromatic carbocycles. The highest BCUT2D eigenvalue weighted by molar-refractivity contribution is 5.69. The number of aliphatic carboxylic acids is 1. The fourth-order valence-electron chi connectivity index (χ4n) is 2.11. The van der Waals surface area contributed by atoms with Gasteiger partial charge in [0.25, 0.3) is 0 Å². The quantitative estimate of drug-likeness (QED) is 0.694. The number of tetrazole rings is 1. The molecular formula is C13H24N4O2. The first-order valence-corrected chi connectivity index (χ1v) is 7.02. The second-order valence-corrected chi connectivity index (χ2v) is 5.40. The second-order valence-electron chi connectivity index (χ2n) is 5.40. The standard InChI is InChI=1S/C13H24N4O2/c1-4-5-6-7-12-14-15-16-17(12)9-11(13(18)19)8-10(2)3/h10-11H,4-9H2,1-3H3,(H,18,19). The number of unbranched alkanes of at least 4 members (excludes halogenated alkanes) is 2. The normalized spacial score (nSPS) is 12.8. The largest absolute Gasteiger partial charge is 0.481 e. The van der Waals surface area contributed by atoms with Gasteiger partial charge in [-0.2, -0.15) is 0 Å². The van der Waals surface area contributed by atoms with Gasteiger partial charge in [0.2, 0.25) is 0 Å². The summed E-state index contributed by atoms with van der Waals surface area (Å²) in [5, 5.41) is 20.8. The second kappa shape index (κ2) is 7.86. The Morgan fingerprint density at radius 1 is 1.37 bits per heavy atom. The van der Waals surface area contributed by atoms with Gasteiger partial charge in [0.05, 0.1) is 12.5 Å². The monoisotopic (exact) mass is 268 g/mol. The van der Waals surface area contributed by atoms with Gasteiger partial charge in [-0.15, -0.1) is 5.10 Å². The molecule has 1 rings (SSSR count). The zero-order valence-corrected chi connectivity index (χ0v) is 12.0. The van der Waals surface area contributed by atoms with Crippen molar-refractivity contribution in [1.82, 2.24) is 20.2 Å². The molecule has 0 aliphatic heterocycles. The number of aryl methyl sites for hydroxylation is 1. The Kier molecular flexibility index (Phi) is 6.45. The third-order valence-corrected chi connectivity index (χ3v) is 3.11. The number of hydrogen-bond acceptors (Lipinski definition) is 4. The van der Waals surface area contributed by atoms with Crippen LogP contribution in [0.2, 0.25) is 0 Å². The highest BCUT2D eigenvalue weighted by Gasteiger charge is 2.21. The lowest BCUT2D eigenvalue weighted by Gasteiger charge is -2.15. The Balaban J connectivity index is 2.63. The average molecular weight is 268 g/mol. The topological polar surface area (TPSA) is 80.9 Å². The Bertz CT molecular complexity index is 390. The number of rotatable bonds is 9. The lowest BCUT2D eigenvalue weighted by atomic mass is 9.97. The maximum Gasteiger partial charge on any atom is 0.308 e. The minimum Gasteiger partial charge on any atom is -0.481 e. The molecule has 0 amide bonds. The Morgan fingerprint density at radius 2 is 2.11 bits per heavy atom. The predicted octanol–water partition coefficient (Wildman–Crippen LogP) is 2.15. The molecule has 1 aromatic heterocycles. The van der Waals surface area contributed by atoms with Crippen molar-refractivity contribution in [3.63, 3.8) is 0 Å². The van der Waals surface area contributed by atoms with Crippen LogP contribution in [-0.4, -0.2) is 31.3 Å². The van der Waals surface area contributed by atoms with Crippen molar-refractivity contribution in [2.24, 2.45) is 11.8 Å². The molecule has 0 spiro atoms. The van der Waals surface area contributed by atoms with Crippen molar-refractivity contribution in [3.8, 4) is 0 Å². The van der Waals surface area contributed by atoms with Crippen molar-refractivity contribution in [2.75, 3.05) is 0 Å². The van der Waals surface area contributed by atoms with Gasteiger partial charge in [-0.1, -0.05) is 33.6 Å². The van der Waals surface area contributed by atoms with Gasteiger partial charge in [0.1, 0.15) is 0 Å². The Labute approximate surface area is 114 Å². The molecule has 0 saturated heterocycles. The van der Waals surface area contributed by atoms with E-state index in [4.69, 9.17) is 0 Å². The smallest absolute Gasteiger partial charge is 0.308 e. The van der Waals surface area contributed by atoms with E-state index in [0.717, 1.165) is 31.5 Å². The summed E-state index contributed by atoms with van der Waals surface area (Å²) in [6.07, 6.45) is 4.78. The number of nitrogens with zero attached hydrogens (tertiary/aromatic N) is 4. The molecule has 1 aromatic rings. The maximum atomic E-state index is 11.3. The van der Waals surface area contributed by atoms with Crippen LogP contribution in [-0.2, 0) is 17.8 Å². The molecular weight excluding hydrogens is 244 g/mol. The van der Waals surface area contributed by atoms with Crippen LogP contribution in [0.15, 0.2) is 0 Å². The summed E-state index contributed by atoms with van der Waals surface area (Å²) in [5.41, 5.74) is 0. The lowest BCUT2D eigenvalue weighted by molar-refractivity contribution is -0.142. The maximum absolute atomic E-state index is 11.3. The Hall–Kier alpha value is -1.46. The van der Waals surface area contributed by atoms with Gasteiger partial charge in [-0.05, 0) is 29.2 Å². The number of carboxylic acids is 1. The van der Waals surface area contributed by atoms with Crippen LogP contribution in [0.5, 0.6) is 0 Å². The molecule has 0 saturated carbocycles. The molecule has 0 aliphatic carbocycles. The molecule has 0 fully saturated rings. The van der Waals surface area contributed by atoms with E-state index in [1.165, 1.54) is 0 Å². The van der Waals surface area contributed by atoms with E-state index in [0.29, 0.717) is 18.9 Å². The molecule has 1 N–H and O–H groups in total. The van der Waals surface area contributed by atoms with Gasteiger partial charge in [0.15, 0.2) is 5.82 Å². The number of hydrogen-bond donors (Lipinski definition) is 1. The van der Waals surface area contributed by atoms with Crippen molar-refractivity contribution < 1.29 is 9.90 Å². The predicted molar refractivity (Wildman–Crippen MR) is 71.6 cm³/mol. The number of carboxylic acid groups (broad SMARTS) is 1. The van der Waals surface area contributed by atoms with Crippen LogP contribution in [0.4, 0.5) is 0 Å². The van der Waals surface area contributed by atoms with Crippen molar-refractivity contribution >= 4 is 5.97 Å². The lowest BCUT2D eigenvalue weighted by Crippen LogP contribution is -2.23. The van der Waals surface area contributed by atoms with Crippen LogP contribution in [0.1, 0.15) is 52.3 Å². The summed E-state index contributed by atoms with van der Waals surface area (Å²) < 4.78 is 1.65. The van der Waals surface area contributed by atoms with Crippen LogP contribution >= 0.6 is 0 Å². The van der Waals surface area contributed by atoms with Gasteiger partial charge >= 0.3 is 5.97 Å². The minimum atomic E-state index is -0.774. The van der Waals surface area contributed by atoms with Crippen molar-refractivity contribution in [2.45, 2.75) is 59.4 Å².